The first-order valence-corrected chi connectivity index (χ1v) is 5.44. The Kier molecular flexibility index (Phi) is 2.51. The molecule has 2 rings (SSSR count). The van der Waals surface area contributed by atoms with Crippen LogP contribution in [0.1, 0.15) is 27.2 Å². The lowest BCUT2D eigenvalue weighted by Crippen LogP contribution is -2.44. The second-order valence-corrected chi connectivity index (χ2v) is 5.66. The van der Waals surface area contributed by atoms with Gasteiger partial charge in [-0.3, -0.25) is 4.79 Å². The molecule has 1 N–H and O–H groups in total. The second-order valence-electron chi connectivity index (χ2n) is 5.66. The number of esters is 1. The monoisotopic (exact) mass is 213 g/mol. The van der Waals surface area contributed by atoms with E-state index in [1.807, 2.05) is 20.8 Å². The van der Waals surface area contributed by atoms with Gasteiger partial charge in [-0.2, -0.15) is 0 Å². The first-order valence-electron chi connectivity index (χ1n) is 5.44. The predicted octanol–water partition coefficient (Wildman–Crippen LogP) is 0.707. The highest BCUT2D eigenvalue weighted by Gasteiger charge is 2.47. The van der Waals surface area contributed by atoms with E-state index in [-0.39, 0.29) is 17.4 Å². The van der Waals surface area contributed by atoms with E-state index in [2.05, 4.69) is 5.32 Å². The van der Waals surface area contributed by atoms with Crippen molar-refractivity contribution in [2.75, 3.05) is 19.8 Å². The number of carbonyl (C=O) groups is 1. The summed E-state index contributed by atoms with van der Waals surface area (Å²) in [5.41, 5.74) is -0.188. The predicted molar refractivity (Wildman–Crippen MR) is 55.5 cm³/mol. The Morgan fingerprint density at radius 2 is 2.13 bits per heavy atom. The van der Waals surface area contributed by atoms with Crippen LogP contribution < -0.4 is 5.32 Å². The Morgan fingerprint density at radius 1 is 1.47 bits per heavy atom. The fourth-order valence-corrected chi connectivity index (χ4v) is 2.07. The maximum Gasteiger partial charge on any atom is 0.323 e. The molecule has 0 radical (unpaired) electrons. The maximum atomic E-state index is 11.8. The number of hydrogen-bond donors (Lipinski definition) is 1. The minimum absolute atomic E-state index is 0.133. The molecule has 2 fully saturated rings. The van der Waals surface area contributed by atoms with E-state index in [1.165, 1.54) is 0 Å². The van der Waals surface area contributed by atoms with Crippen LogP contribution in [0, 0.1) is 5.41 Å². The molecular formula is C11H19NO3. The summed E-state index contributed by atoms with van der Waals surface area (Å²) >= 11 is 0. The van der Waals surface area contributed by atoms with Crippen molar-refractivity contribution in [3.63, 3.8) is 0 Å². The summed E-state index contributed by atoms with van der Waals surface area (Å²) in [4.78, 5) is 11.8. The van der Waals surface area contributed by atoms with Gasteiger partial charge in [-0.1, -0.05) is 0 Å². The van der Waals surface area contributed by atoms with Gasteiger partial charge >= 0.3 is 5.97 Å². The highest BCUT2D eigenvalue weighted by molar-refractivity contribution is 5.76. The third-order valence-corrected chi connectivity index (χ3v) is 2.87. The van der Waals surface area contributed by atoms with E-state index >= 15 is 0 Å². The number of ether oxygens (including phenoxy) is 2. The minimum atomic E-state index is -0.398. The van der Waals surface area contributed by atoms with Gasteiger partial charge in [0.25, 0.3) is 0 Å². The molecule has 0 aromatic rings. The quantitative estimate of drug-likeness (QED) is 0.652. The molecule has 15 heavy (non-hydrogen) atoms. The van der Waals surface area contributed by atoms with Crippen molar-refractivity contribution in [1.82, 2.24) is 5.32 Å². The summed E-state index contributed by atoms with van der Waals surface area (Å²) in [5.74, 6) is -0.133. The third-order valence-electron chi connectivity index (χ3n) is 2.87. The van der Waals surface area contributed by atoms with Gasteiger partial charge in [0.05, 0.1) is 13.2 Å². The zero-order valence-electron chi connectivity index (χ0n) is 9.63. The lowest BCUT2D eigenvalue weighted by atomic mass is 9.84. The van der Waals surface area contributed by atoms with Gasteiger partial charge in [0.1, 0.15) is 11.6 Å². The van der Waals surface area contributed by atoms with Crippen molar-refractivity contribution >= 4 is 5.97 Å². The molecule has 1 atom stereocenters. The molecule has 0 aromatic heterocycles. The first kappa shape index (κ1) is 10.9. The Bertz CT molecular complexity index is 265. The topological polar surface area (TPSA) is 47.6 Å². The van der Waals surface area contributed by atoms with Crippen LogP contribution in [0.3, 0.4) is 0 Å². The van der Waals surface area contributed by atoms with Gasteiger partial charge in [0, 0.05) is 12.0 Å². The number of rotatable bonds is 1. The van der Waals surface area contributed by atoms with E-state index in [1.54, 1.807) is 0 Å². The molecule has 2 saturated heterocycles. The Hall–Kier alpha value is -0.610. The van der Waals surface area contributed by atoms with Gasteiger partial charge in [-0.05, 0) is 27.2 Å². The van der Waals surface area contributed by atoms with Crippen LogP contribution >= 0.6 is 0 Å². The summed E-state index contributed by atoms with van der Waals surface area (Å²) in [6, 6.07) is -0.145. The summed E-state index contributed by atoms with van der Waals surface area (Å²) in [5, 5.41) is 3.22. The van der Waals surface area contributed by atoms with Crippen molar-refractivity contribution in [3.05, 3.63) is 0 Å². The van der Waals surface area contributed by atoms with Gasteiger partial charge in [-0.25, -0.2) is 0 Å². The zero-order valence-corrected chi connectivity index (χ0v) is 9.63. The van der Waals surface area contributed by atoms with Crippen molar-refractivity contribution in [2.45, 2.75) is 38.8 Å². The Morgan fingerprint density at radius 3 is 2.53 bits per heavy atom. The van der Waals surface area contributed by atoms with Crippen LogP contribution in [0.15, 0.2) is 0 Å². The largest absolute Gasteiger partial charge is 0.459 e. The van der Waals surface area contributed by atoms with Crippen LogP contribution in [-0.2, 0) is 14.3 Å². The number of hydrogen-bond acceptors (Lipinski definition) is 4. The minimum Gasteiger partial charge on any atom is -0.459 e. The first-order chi connectivity index (χ1) is 6.90. The second kappa shape index (κ2) is 3.46. The molecule has 0 bridgehead atoms. The van der Waals surface area contributed by atoms with Crippen LogP contribution in [-0.4, -0.2) is 37.4 Å². The van der Waals surface area contributed by atoms with Crippen LogP contribution in [0.4, 0.5) is 0 Å². The van der Waals surface area contributed by atoms with E-state index in [0.717, 1.165) is 26.2 Å². The van der Waals surface area contributed by atoms with Gasteiger partial charge in [0.2, 0.25) is 0 Å². The Balaban J connectivity index is 1.88. The van der Waals surface area contributed by atoms with Crippen molar-refractivity contribution in [3.8, 4) is 0 Å². The molecule has 86 valence electrons. The zero-order chi connectivity index (χ0) is 11.1. The van der Waals surface area contributed by atoms with Gasteiger partial charge in [-0.15, -0.1) is 0 Å². The van der Waals surface area contributed by atoms with E-state index in [0.29, 0.717) is 0 Å². The van der Waals surface area contributed by atoms with Gasteiger partial charge in [0.15, 0.2) is 0 Å². The lowest BCUT2D eigenvalue weighted by Gasteiger charge is -2.37. The lowest BCUT2D eigenvalue weighted by molar-refractivity contribution is -0.158. The van der Waals surface area contributed by atoms with Crippen LogP contribution in [0.25, 0.3) is 0 Å². The van der Waals surface area contributed by atoms with Crippen molar-refractivity contribution < 1.29 is 14.3 Å². The molecule has 0 aliphatic carbocycles. The highest BCUT2D eigenvalue weighted by atomic mass is 16.6. The van der Waals surface area contributed by atoms with E-state index in [9.17, 15) is 4.79 Å². The summed E-state index contributed by atoms with van der Waals surface area (Å²) in [6.45, 7) is 8.10. The molecular weight excluding hydrogens is 194 g/mol. The normalized spacial score (nSPS) is 28.9. The molecule has 1 spiro atoms. The summed E-state index contributed by atoms with van der Waals surface area (Å²) < 4.78 is 10.5. The van der Waals surface area contributed by atoms with Crippen LogP contribution in [0.2, 0.25) is 0 Å². The van der Waals surface area contributed by atoms with Crippen molar-refractivity contribution in [2.24, 2.45) is 5.41 Å². The van der Waals surface area contributed by atoms with Crippen molar-refractivity contribution in [1.29, 1.82) is 0 Å². The molecule has 0 aromatic carbocycles. The molecule has 1 unspecified atom stereocenters. The fourth-order valence-electron chi connectivity index (χ4n) is 2.07. The molecule has 2 aliphatic heterocycles. The molecule has 4 heteroatoms. The molecule has 4 nitrogen and oxygen atoms in total. The van der Waals surface area contributed by atoms with Crippen LogP contribution in [0.5, 0.6) is 0 Å². The fraction of sp³-hybridized carbons (Fsp3) is 0.909. The maximum absolute atomic E-state index is 11.8. The highest BCUT2D eigenvalue weighted by Crippen LogP contribution is 2.36. The SMILES string of the molecule is CC(C)(C)OC(=O)C1CC2(CN1)COC2. The average Bonchev–Trinajstić information content (AvgIpc) is 2.43. The number of nitrogens with one attached hydrogen (secondary N) is 1. The summed E-state index contributed by atoms with van der Waals surface area (Å²) in [6.07, 6.45) is 0.849. The van der Waals surface area contributed by atoms with E-state index < -0.39 is 5.60 Å². The Labute approximate surface area is 90.3 Å². The molecule has 0 saturated carbocycles. The smallest absolute Gasteiger partial charge is 0.323 e. The summed E-state index contributed by atoms with van der Waals surface area (Å²) in [7, 11) is 0. The number of carbonyl (C=O) groups excluding carboxylic acids is 1. The molecule has 0 amide bonds. The third kappa shape index (κ3) is 2.32. The molecule has 2 aliphatic rings. The van der Waals surface area contributed by atoms with E-state index in [4.69, 9.17) is 9.47 Å². The molecule has 2 heterocycles. The average molecular weight is 213 g/mol. The van der Waals surface area contributed by atoms with Gasteiger partial charge < -0.3 is 14.8 Å². The standard InChI is InChI=1S/C11H19NO3/c1-10(2,3)15-9(13)8-4-11(5-12-8)6-14-7-11/h8,12H,4-7H2,1-3H3.